The fourth-order valence-corrected chi connectivity index (χ4v) is 6.33. The molecule has 1 aliphatic rings. The van der Waals surface area contributed by atoms with Crippen molar-refractivity contribution < 1.29 is 33.7 Å². The molecule has 2 aromatic heterocycles. The Morgan fingerprint density at radius 1 is 1.12 bits per heavy atom. The Labute approximate surface area is 252 Å². The second-order valence-electron chi connectivity index (χ2n) is 10.1. The van der Waals surface area contributed by atoms with E-state index in [2.05, 4.69) is 30.4 Å². The summed E-state index contributed by atoms with van der Waals surface area (Å²) < 4.78 is 16.7. The van der Waals surface area contributed by atoms with Gasteiger partial charge in [0.2, 0.25) is 5.78 Å². The highest BCUT2D eigenvalue weighted by molar-refractivity contribution is 7.17. The van der Waals surface area contributed by atoms with E-state index in [4.69, 9.17) is 14.2 Å². The third-order valence-electron chi connectivity index (χ3n) is 6.53. The summed E-state index contributed by atoms with van der Waals surface area (Å²) in [6.45, 7) is 13.4. The molecule has 1 N–H and O–H groups in total. The number of thiazole rings is 2. The summed E-state index contributed by atoms with van der Waals surface area (Å²) in [4.78, 5) is 50.8. The number of benzene rings is 1. The Bertz CT molecular complexity index is 1570. The molecule has 0 radical (unpaired) electrons. The molecule has 0 saturated heterocycles. The number of carbonyl (C=O) groups excluding carboxylic acids is 3. The van der Waals surface area contributed by atoms with Gasteiger partial charge in [-0.05, 0) is 50.8 Å². The summed E-state index contributed by atoms with van der Waals surface area (Å²) in [5, 5.41) is 12.0. The van der Waals surface area contributed by atoms with Crippen LogP contribution < -0.4 is 14.4 Å². The van der Waals surface area contributed by atoms with E-state index in [1.54, 1.807) is 39.0 Å². The lowest BCUT2D eigenvalue weighted by Gasteiger charge is -2.25. The summed E-state index contributed by atoms with van der Waals surface area (Å²) in [6.07, 6.45) is 2.29. The van der Waals surface area contributed by atoms with Gasteiger partial charge in [-0.2, -0.15) is 0 Å². The fraction of sp³-hybridized carbons (Fsp3) is 0.367. The highest BCUT2D eigenvalue weighted by Crippen LogP contribution is 2.46. The zero-order valence-corrected chi connectivity index (χ0v) is 26.0. The van der Waals surface area contributed by atoms with Crippen molar-refractivity contribution in [2.45, 2.75) is 47.1 Å². The minimum atomic E-state index is -1.08. The third-order valence-corrected chi connectivity index (χ3v) is 8.74. The lowest BCUT2D eigenvalue weighted by molar-refractivity contribution is -0.117. The second kappa shape index (κ2) is 12.9. The fourth-order valence-electron chi connectivity index (χ4n) is 4.47. The second-order valence-corrected chi connectivity index (χ2v) is 12.2. The first-order chi connectivity index (χ1) is 20.0. The van der Waals surface area contributed by atoms with Crippen LogP contribution in [0.1, 0.15) is 67.6 Å². The van der Waals surface area contributed by atoms with Crippen molar-refractivity contribution in [3.8, 4) is 11.5 Å². The Kier molecular flexibility index (Phi) is 9.47. The number of hydrogen-bond donors (Lipinski definition) is 1. The largest absolute Gasteiger partial charge is 0.503 e. The summed E-state index contributed by atoms with van der Waals surface area (Å²) in [5.41, 5.74) is 1.20. The number of carbonyl (C=O) groups is 3. The van der Waals surface area contributed by atoms with E-state index < -0.39 is 29.5 Å². The summed E-state index contributed by atoms with van der Waals surface area (Å²) >= 11 is 2.12. The number of amides is 1. The third kappa shape index (κ3) is 6.09. The maximum Gasteiger partial charge on any atom is 0.350 e. The van der Waals surface area contributed by atoms with Gasteiger partial charge >= 0.3 is 5.97 Å². The first-order valence-corrected chi connectivity index (χ1v) is 14.9. The summed E-state index contributed by atoms with van der Waals surface area (Å²) in [5.74, 6) is -1.30. The summed E-state index contributed by atoms with van der Waals surface area (Å²) in [6, 6.07) is 4.02. The van der Waals surface area contributed by atoms with Crippen LogP contribution in [-0.2, 0) is 9.53 Å². The van der Waals surface area contributed by atoms with Crippen LogP contribution in [0.2, 0.25) is 0 Å². The van der Waals surface area contributed by atoms with E-state index in [0.29, 0.717) is 50.9 Å². The van der Waals surface area contributed by atoms with Crippen molar-refractivity contribution in [3.05, 3.63) is 73.9 Å². The Morgan fingerprint density at radius 2 is 1.83 bits per heavy atom. The van der Waals surface area contributed by atoms with E-state index in [1.807, 2.05) is 0 Å². The Hall–Kier alpha value is -4.03. The quantitative estimate of drug-likeness (QED) is 0.147. The van der Waals surface area contributed by atoms with Crippen LogP contribution in [0.5, 0.6) is 11.5 Å². The van der Waals surface area contributed by atoms with Crippen LogP contribution >= 0.6 is 22.7 Å². The molecule has 1 amide bonds. The number of rotatable bonds is 12. The van der Waals surface area contributed by atoms with Gasteiger partial charge in [0.1, 0.15) is 11.5 Å². The SMILES string of the molecule is C=CCOC(=O)c1sc(N2C(=O)C(O)=C(C(=O)c3sc(C)nc3C)C2c2ccc(OCCC(C)C)c(OC)c2)nc1C. The molecule has 3 heterocycles. The number of Topliss-reactive ketones (excluding diaryl/α,β-unsaturated/α-hetero) is 1. The maximum absolute atomic E-state index is 13.9. The van der Waals surface area contributed by atoms with Crippen molar-refractivity contribution in [3.63, 3.8) is 0 Å². The van der Waals surface area contributed by atoms with E-state index in [-0.39, 0.29) is 22.2 Å². The molecular formula is C30H33N3O7S2. The zero-order valence-electron chi connectivity index (χ0n) is 24.3. The molecule has 1 atom stereocenters. The highest BCUT2D eigenvalue weighted by atomic mass is 32.1. The monoisotopic (exact) mass is 611 g/mol. The van der Waals surface area contributed by atoms with Crippen LogP contribution in [0, 0.1) is 26.7 Å². The van der Waals surface area contributed by atoms with Crippen molar-refractivity contribution in [2.75, 3.05) is 25.2 Å². The molecule has 42 heavy (non-hydrogen) atoms. The molecule has 0 saturated carbocycles. The average Bonchev–Trinajstić information content (AvgIpc) is 3.58. The zero-order chi connectivity index (χ0) is 30.7. The minimum absolute atomic E-state index is 0.0107. The number of aromatic nitrogens is 2. The minimum Gasteiger partial charge on any atom is -0.503 e. The molecule has 0 aliphatic carbocycles. The number of methoxy groups -OCH3 is 1. The Balaban J connectivity index is 1.83. The molecule has 12 heteroatoms. The molecule has 0 spiro atoms. The van der Waals surface area contributed by atoms with Gasteiger partial charge in [0.15, 0.2) is 22.4 Å². The molecule has 0 bridgehead atoms. The average molecular weight is 612 g/mol. The molecule has 0 fully saturated rings. The first kappa shape index (κ1) is 30.9. The number of ketones is 1. The number of aliphatic hydroxyl groups excluding tert-OH is 1. The number of ether oxygens (including phenoxy) is 3. The number of aliphatic hydroxyl groups is 1. The van der Waals surface area contributed by atoms with Gasteiger partial charge in [0, 0.05) is 0 Å². The van der Waals surface area contributed by atoms with E-state index in [9.17, 15) is 19.5 Å². The molecule has 1 aliphatic heterocycles. The first-order valence-electron chi connectivity index (χ1n) is 13.3. The van der Waals surface area contributed by atoms with Crippen LogP contribution in [0.4, 0.5) is 5.13 Å². The smallest absolute Gasteiger partial charge is 0.350 e. The van der Waals surface area contributed by atoms with Crippen molar-refractivity contribution >= 4 is 45.5 Å². The molecule has 3 aromatic rings. The van der Waals surface area contributed by atoms with Gasteiger partial charge < -0.3 is 19.3 Å². The van der Waals surface area contributed by atoms with Crippen molar-refractivity contribution in [1.29, 1.82) is 0 Å². The molecule has 4 rings (SSSR count). The van der Waals surface area contributed by atoms with Crippen molar-refractivity contribution in [2.24, 2.45) is 5.92 Å². The van der Waals surface area contributed by atoms with Gasteiger partial charge in [-0.1, -0.05) is 43.9 Å². The van der Waals surface area contributed by atoms with Crippen molar-refractivity contribution in [1.82, 2.24) is 9.97 Å². The van der Waals surface area contributed by atoms with Gasteiger partial charge in [-0.3, -0.25) is 14.5 Å². The lowest BCUT2D eigenvalue weighted by atomic mass is 9.95. The summed E-state index contributed by atoms with van der Waals surface area (Å²) in [7, 11) is 1.50. The highest BCUT2D eigenvalue weighted by Gasteiger charge is 2.47. The van der Waals surface area contributed by atoms with Gasteiger partial charge in [0.25, 0.3) is 5.91 Å². The van der Waals surface area contributed by atoms with Crippen LogP contribution in [0.25, 0.3) is 0 Å². The van der Waals surface area contributed by atoms with Gasteiger partial charge in [0.05, 0.1) is 46.6 Å². The van der Waals surface area contributed by atoms with E-state index >= 15 is 0 Å². The number of anilines is 1. The van der Waals surface area contributed by atoms with E-state index in [1.165, 1.54) is 29.4 Å². The predicted octanol–water partition coefficient (Wildman–Crippen LogP) is 6.08. The number of nitrogens with zero attached hydrogens (tertiary/aromatic N) is 3. The van der Waals surface area contributed by atoms with Gasteiger partial charge in [-0.25, -0.2) is 14.8 Å². The molecule has 1 unspecified atom stereocenters. The normalized spacial score (nSPS) is 15.0. The van der Waals surface area contributed by atoms with Gasteiger partial charge in [-0.15, -0.1) is 11.3 Å². The molecule has 1 aromatic carbocycles. The Morgan fingerprint density at radius 3 is 2.45 bits per heavy atom. The lowest BCUT2D eigenvalue weighted by Crippen LogP contribution is -2.31. The van der Waals surface area contributed by atoms with Crippen LogP contribution in [-0.4, -0.2) is 53.1 Å². The molecule has 222 valence electrons. The molecule has 10 nitrogen and oxygen atoms in total. The van der Waals surface area contributed by atoms with Crippen LogP contribution in [0.15, 0.2) is 42.2 Å². The van der Waals surface area contributed by atoms with E-state index in [0.717, 1.165) is 17.8 Å². The topological polar surface area (TPSA) is 128 Å². The number of hydrogen-bond acceptors (Lipinski definition) is 11. The number of aryl methyl sites for hydroxylation is 3. The number of esters is 1. The predicted molar refractivity (Wildman–Crippen MR) is 161 cm³/mol. The maximum atomic E-state index is 13.9. The van der Waals surface area contributed by atoms with Crippen LogP contribution in [0.3, 0.4) is 0 Å². The standard InChI is InChI=1S/C30H33N3O7S2/c1-8-12-40-29(37)27-17(5)32-30(42-27)33-23(19-9-10-20(21(14-19)38-7)39-13-11-15(2)3)22(25(35)28(33)36)24(34)26-16(4)31-18(6)41-26/h8-10,14-15,23,35H,1,11-13H2,2-7H3. The molecular weight excluding hydrogens is 578 g/mol.